The van der Waals surface area contributed by atoms with Gasteiger partial charge in [0.05, 0.1) is 12.2 Å². The summed E-state index contributed by atoms with van der Waals surface area (Å²) in [6.45, 7) is 11.2. The van der Waals surface area contributed by atoms with Crippen LogP contribution in [-0.2, 0) is 9.53 Å². The van der Waals surface area contributed by atoms with Crippen LogP contribution < -0.4 is 0 Å². The highest BCUT2D eigenvalue weighted by Gasteiger charge is 2.13. The molecule has 17 heavy (non-hydrogen) atoms. The van der Waals surface area contributed by atoms with Gasteiger partial charge in [0.15, 0.2) is 0 Å². The van der Waals surface area contributed by atoms with Crippen molar-refractivity contribution >= 4 is 22.8 Å². The van der Waals surface area contributed by atoms with E-state index in [0.29, 0.717) is 16.2 Å². The number of carbonyl (C=O) groups is 1. The number of esters is 1. The molecule has 0 bridgehead atoms. The molecular weight excluding hydrogens is 234 g/mol. The summed E-state index contributed by atoms with van der Waals surface area (Å²) in [5.41, 5.74) is 2.07. The summed E-state index contributed by atoms with van der Waals surface area (Å²) in [6.07, 6.45) is 1.51. The Bertz CT molecular complexity index is 402. The van der Waals surface area contributed by atoms with Crippen LogP contribution in [0.4, 0.5) is 0 Å². The molecule has 0 atom stereocenters. The van der Waals surface area contributed by atoms with E-state index in [-0.39, 0.29) is 0 Å². The Morgan fingerprint density at radius 3 is 2.18 bits per heavy atom. The monoisotopic (exact) mass is 253 g/mol. The summed E-state index contributed by atoms with van der Waals surface area (Å²) >= 11 is 1.32. The van der Waals surface area contributed by atoms with E-state index in [4.69, 9.17) is 5.41 Å². The van der Waals surface area contributed by atoms with E-state index < -0.39 is 5.97 Å². The SMILES string of the molecule is C=C/C(C(=N)SC(C)=C(C)C)=C(\C)C(=O)OC. The minimum atomic E-state index is -0.430. The molecular formula is C13H19NO2S. The van der Waals surface area contributed by atoms with Crippen molar-refractivity contribution in [3.8, 4) is 0 Å². The molecule has 0 amide bonds. The van der Waals surface area contributed by atoms with Gasteiger partial charge in [-0.05, 0) is 32.6 Å². The summed E-state index contributed by atoms with van der Waals surface area (Å²) in [6, 6.07) is 0. The lowest BCUT2D eigenvalue weighted by atomic mass is 10.1. The third-order valence-electron chi connectivity index (χ3n) is 2.30. The van der Waals surface area contributed by atoms with Crippen molar-refractivity contribution in [3.63, 3.8) is 0 Å². The lowest BCUT2D eigenvalue weighted by molar-refractivity contribution is -0.136. The third kappa shape index (κ3) is 4.61. The summed E-state index contributed by atoms with van der Waals surface area (Å²) in [4.78, 5) is 12.4. The molecule has 0 spiro atoms. The number of allylic oxidation sites excluding steroid dienone is 3. The van der Waals surface area contributed by atoms with Crippen molar-refractivity contribution in [3.05, 3.63) is 34.3 Å². The second-order valence-electron chi connectivity index (χ2n) is 3.72. The van der Waals surface area contributed by atoms with Gasteiger partial charge < -0.3 is 4.74 Å². The Balaban J connectivity index is 5.17. The average molecular weight is 253 g/mol. The molecule has 94 valence electrons. The molecule has 4 heteroatoms. The second-order valence-corrected chi connectivity index (χ2v) is 4.95. The van der Waals surface area contributed by atoms with Gasteiger partial charge >= 0.3 is 5.97 Å². The normalized spacial score (nSPS) is 11.4. The first-order valence-electron chi connectivity index (χ1n) is 5.17. The topological polar surface area (TPSA) is 50.2 Å². The maximum absolute atomic E-state index is 11.4. The number of ether oxygens (including phenoxy) is 1. The molecule has 0 saturated heterocycles. The smallest absolute Gasteiger partial charge is 0.334 e. The first-order valence-corrected chi connectivity index (χ1v) is 5.99. The minimum Gasteiger partial charge on any atom is -0.466 e. The largest absolute Gasteiger partial charge is 0.466 e. The first-order chi connectivity index (χ1) is 7.84. The lowest BCUT2D eigenvalue weighted by Crippen LogP contribution is -2.08. The van der Waals surface area contributed by atoms with Gasteiger partial charge in [-0.25, -0.2) is 4.79 Å². The Hall–Kier alpha value is -1.29. The zero-order valence-electron chi connectivity index (χ0n) is 11.0. The minimum absolute atomic E-state index is 0.307. The van der Waals surface area contributed by atoms with E-state index in [0.717, 1.165) is 10.5 Å². The fraction of sp³-hybridized carbons (Fsp3) is 0.385. The van der Waals surface area contributed by atoms with Gasteiger partial charge in [0.2, 0.25) is 0 Å². The highest BCUT2D eigenvalue weighted by molar-refractivity contribution is 8.17. The zero-order valence-corrected chi connectivity index (χ0v) is 11.8. The Kier molecular flexibility index (Phi) is 6.58. The van der Waals surface area contributed by atoms with E-state index >= 15 is 0 Å². The molecule has 0 aliphatic rings. The van der Waals surface area contributed by atoms with Gasteiger partial charge in [0.1, 0.15) is 0 Å². The number of carbonyl (C=O) groups excluding carboxylic acids is 1. The average Bonchev–Trinajstić information content (AvgIpc) is 2.28. The van der Waals surface area contributed by atoms with Crippen LogP contribution in [0.2, 0.25) is 0 Å². The van der Waals surface area contributed by atoms with Gasteiger partial charge in [0, 0.05) is 11.1 Å². The number of rotatable bonds is 4. The summed E-state index contributed by atoms with van der Waals surface area (Å²) < 4.78 is 4.63. The van der Waals surface area contributed by atoms with Crippen LogP contribution in [0, 0.1) is 5.41 Å². The standard InChI is InChI=1S/C13H19NO2S/c1-7-11(9(4)13(15)16-6)12(14)17-10(5)8(2)3/h7,14H,1H2,2-6H3/b11-9-,14-12?. The van der Waals surface area contributed by atoms with E-state index in [1.807, 2.05) is 20.8 Å². The predicted octanol–water partition coefficient (Wildman–Crippen LogP) is 3.69. The molecule has 0 unspecified atom stereocenters. The molecule has 0 saturated carbocycles. The number of hydrogen-bond donors (Lipinski definition) is 1. The zero-order chi connectivity index (χ0) is 13.6. The van der Waals surface area contributed by atoms with Crippen LogP contribution in [-0.4, -0.2) is 18.1 Å². The summed E-state index contributed by atoms with van der Waals surface area (Å²) in [5, 5.41) is 8.27. The van der Waals surface area contributed by atoms with Crippen LogP contribution in [0.3, 0.4) is 0 Å². The van der Waals surface area contributed by atoms with Crippen molar-refractivity contribution in [2.24, 2.45) is 0 Å². The lowest BCUT2D eigenvalue weighted by Gasteiger charge is -2.09. The number of methoxy groups -OCH3 is 1. The maximum atomic E-state index is 11.4. The quantitative estimate of drug-likeness (QED) is 0.273. The second kappa shape index (κ2) is 7.12. The highest BCUT2D eigenvalue weighted by atomic mass is 32.2. The number of thioether (sulfide) groups is 1. The Morgan fingerprint density at radius 1 is 1.29 bits per heavy atom. The number of hydrogen-bond acceptors (Lipinski definition) is 4. The van der Waals surface area contributed by atoms with Gasteiger partial charge in [-0.3, -0.25) is 5.41 Å². The van der Waals surface area contributed by atoms with E-state index in [2.05, 4.69) is 11.3 Å². The first kappa shape index (κ1) is 15.7. The van der Waals surface area contributed by atoms with Crippen LogP contribution in [0.15, 0.2) is 34.3 Å². The van der Waals surface area contributed by atoms with Crippen LogP contribution in [0.5, 0.6) is 0 Å². The van der Waals surface area contributed by atoms with Crippen molar-refractivity contribution < 1.29 is 9.53 Å². The van der Waals surface area contributed by atoms with E-state index in [1.54, 1.807) is 6.92 Å². The van der Waals surface area contributed by atoms with Crippen LogP contribution >= 0.6 is 11.8 Å². The molecule has 0 aromatic rings. The maximum Gasteiger partial charge on any atom is 0.334 e. The molecule has 0 fully saturated rings. The van der Waals surface area contributed by atoms with Gasteiger partial charge in [-0.2, -0.15) is 0 Å². The van der Waals surface area contributed by atoms with Crippen molar-refractivity contribution in [1.29, 1.82) is 5.41 Å². The summed E-state index contributed by atoms with van der Waals surface area (Å²) in [7, 11) is 1.32. The third-order valence-corrected chi connectivity index (χ3v) is 3.44. The fourth-order valence-corrected chi connectivity index (χ4v) is 1.85. The Labute approximate surface area is 107 Å². The predicted molar refractivity (Wildman–Crippen MR) is 74.3 cm³/mol. The van der Waals surface area contributed by atoms with Gasteiger partial charge in [-0.1, -0.05) is 30.0 Å². The van der Waals surface area contributed by atoms with Crippen LogP contribution in [0.25, 0.3) is 0 Å². The van der Waals surface area contributed by atoms with E-state index in [9.17, 15) is 4.79 Å². The van der Waals surface area contributed by atoms with E-state index in [1.165, 1.54) is 24.9 Å². The summed E-state index contributed by atoms with van der Waals surface area (Å²) in [5.74, 6) is -0.430. The molecule has 0 aliphatic heterocycles. The molecule has 0 aromatic heterocycles. The fourth-order valence-electron chi connectivity index (χ4n) is 0.989. The molecule has 0 radical (unpaired) electrons. The molecule has 0 aromatic carbocycles. The molecule has 0 heterocycles. The molecule has 3 nitrogen and oxygen atoms in total. The van der Waals surface area contributed by atoms with Crippen molar-refractivity contribution in [1.82, 2.24) is 0 Å². The van der Waals surface area contributed by atoms with Crippen molar-refractivity contribution in [2.75, 3.05) is 7.11 Å². The Morgan fingerprint density at radius 2 is 1.82 bits per heavy atom. The van der Waals surface area contributed by atoms with Gasteiger partial charge in [-0.15, -0.1) is 0 Å². The molecule has 0 aliphatic carbocycles. The van der Waals surface area contributed by atoms with Crippen LogP contribution in [0.1, 0.15) is 27.7 Å². The molecule has 0 rings (SSSR count). The molecule has 1 N–H and O–H groups in total. The highest BCUT2D eigenvalue weighted by Crippen LogP contribution is 2.25. The van der Waals surface area contributed by atoms with Crippen molar-refractivity contribution in [2.45, 2.75) is 27.7 Å². The van der Waals surface area contributed by atoms with Gasteiger partial charge in [0.25, 0.3) is 0 Å². The number of nitrogens with one attached hydrogen (secondary N) is 1.